The van der Waals surface area contributed by atoms with Gasteiger partial charge in [0.15, 0.2) is 0 Å². The number of benzene rings is 2. The van der Waals surface area contributed by atoms with E-state index in [0.717, 1.165) is 22.6 Å². The highest BCUT2D eigenvalue weighted by Crippen LogP contribution is 2.35. The molecule has 3 aromatic rings. The van der Waals surface area contributed by atoms with E-state index in [-0.39, 0.29) is 11.7 Å². The van der Waals surface area contributed by atoms with E-state index in [1.54, 1.807) is 12.3 Å². The molecule has 2 heterocycles. The van der Waals surface area contributed by atoms with Crippen molar-refractivity contribution in [2.45, 2.75) is 6.54 Å². The number of nitrogens with zero attached hydrogens (tertiary/aromatic N) is 1. The van der Waals surface area contributed by atoms with Crippen LogP contribution in [0.4, 0.5) is 15.8 Å². The van der Waals surface area contributed by atoms with Gasteiger partial charge < -0.3 is 15.6 Å². The molecule has 0 unspecified atom stereocenters. The number of anilines is 2. The van der Waals surface area contributed by atoms with Gasteiger partial charge in [0.2, 0.25) is 0 Å². The number of carbonyl (C=O) groups excluding carboxylic acids is 1. The summed E-state index contributed by atoms with van der Waals surface area (Å²) in [6, 6.07) is 15.4. The molecule has 0 saturated carbocycles. The van der Waals surface area contributed by atoms with Crippen molar-refractivity contribution in [1.82, 2.24) is 4.98 Å². The molecule has 0 spiro atoms. The fourth-order valence-corrected chi connectivity index (χ4v) is 3.05. The third-order valence-corrected chi connectivity index (χ3v) is 4.40. The normalized spacial score (nSPS) is 13.9. The Balaban J connectivity index is 1.61. The Labute approximate surface area is 155 Å². The van der Waals surface area contributed by atoms with Crippen molar-refractivity contribution < 1.29 is 9.18 Å². The Kier molecular flexibility index (Phi) is 4.19. The van der Waals surface area contributed by atoms with Crippen molar-refractivity contribution >= 4 is 28.9 Å². The molecule has 0 fully saturated rings. The molecule has 0 aliphatic carbocycles. The first-order valence-electron chi connectivity index (χ1n) is 8.37. The van der Waals surface area contributed by atoms with Crippen LogP contribution in [0.1, 0.15) is 22.4 Å². The first-order chi connectivity index (χ1) is 13.1. The molecule has 1 aliphatic heterocycles. The summed E-state index contributed by atoms with van der Waals surface area (Å²) in [6.07, 6.45) is 3.59. The fraction of sp³-hybridized carbons (Fsp3) is 0.0476. The van der Waals surface area contributed by atoms with Gasteiger partial charge in [0.25, 0.3) is 5.91 Å². The zero-order valence-corrected chi connectivity index (χ0v) is 14.2. The number of aromatic amines is 1. The molecule has 0 bridgehead atoms. The number of nitriles is 1. The van der Waals surface area contributed by atoms with Crippen LogP contribution in [-0.4, -0.2) is 10.9 Å². The van der Waals surface area contributed by atoms with E-state index < -0.39 is 0 Å². The van der Waals surface area contributed by atoms with E-state index in [9.17, 15) is 9.18 Å². The van der Waals surface area contributed by atoms with E-state index in [4.69, 9.17) is 5.26 Å². The number of H-pyrrole nitrogens is 1. The molecular formula is C21H15FN4O. The number of hydrogen-bond donors (Lipinski definition) is 3. The van der Waals surface area contributed by atoms with Gasteiger partial charge in [-0.15, -0.1) is 0 Å². The predicted molar refractivity (Wildman–Crippen MR) is 102 cm³/mol. The summed E-state index contributed by atoms with van der Waals surface area (Å²) in [4.78, 5) is 15.3. The number of nitrogens with one attached hydrogen (secondary N) is 3. The minimum atomic E-state index is -0.384. The molecule has 132 valence electrons. The number of hydrogen-bond acceptors (Lipinski definition) is 3. The van der Waals surface area contributed by atoms with Gasteiger partial charge in [0, 0.05) is 35.4 Å². The highest BCUT2D eigenvalue weighted by Gasteiger charge is 2.24. The molecule has 0 saturated heterocycles. The lowest BCUT2D eigenvalue weighted by molar-refractivity contribution is -0.110. The van der Waals surface area contributed by atoms with E-state index in [0.29, 0.717) is 23.2 Å². The number of fused-ring (bicyclic) bond motifs is 1. The van der Waals surface area contributed by atoms with Gasteiger partial charge in [-0.2, -0.15) is 5.26 Å². The maximum atomic E-state index is 13.5. The Bertz CT molecular complexity index is 1090. The molecule has 1 aromatic heterocycles. The maximum Gasteiger partial charge on any atom is 0.256 e. The Morgan fingerprint density at radius 2 is 2.07 bits per heavy atom. The highest BCUT2D eigenvalue weighted by atomic mass is 19.1. The largest absolute Gasteiger partial charge is 0.381 e. The van der Waals surface area contributed by atoms with Crippen LogP contribution in [0.15, 0.2) is 54.7 Å². The van der Waals surface area contributed by atoms with Crippen molar-refractivity contribution in [3.05, 3.63) is 82.9 Å². The third-order valence-electron chi connectivity index (χ3n) is 4.40. The number of aromatic nitrogens is 1. The van der Waals surface area contributed by atoms with Gasteiger partial charge in [-0.05, 0) is 60.2 Å². The summed E-state index contributed by atoms with van der Waals surface area (Å²) in [5.41, 5.74) is 4.72. The van der Waals surface area contributed by atoms with Crippen LogP contribution in [0.2, 0.25) is 0 Å². The van der Waals surface area contributed by atoms with E-state index in [1.807, 2.05) is 30.3 Å². The number of amides is 1. The van der Waals surface area contributed by atoms with Crippen molar-refractivity contribution in [3.8, 4) is 6.07 Å². The van der Waals surface area contributed by atoms with Gasteiger partial charge in [-0.25, -0.2) is 4.39 Å². The van der Waals surface area contributed by atoms with Crippen LogP contribution in [0.25, 0.3) is 11.6 Å². The van der Waals surface area contributed by atoms with E-state index in [2.05, 4.69) is 21.7 Å². The van der Waals surface area contributed by atoms with E-state index in [1.165, 1.54) is 18.2 Å². The van der Waals surface area contributed by atoms with Crippen LogP contribution in [0.5, 0.6) is 0 Å². The topological polar surface area (TPSA) is 80.7 Å². The fourth-order valence-electron chi connectivity index (χ4n) is 3.05. The molecule has 0 radical (unpaired) electrons. The van der Waals surface area contributed by atoms with Crippen LogP contribution in [0.3, 0.4) is 0 Å². The van der Waals surface area contributed by atoms with Crippen LogP contribution >= 0.6 is 0 Å². The highest BCUT2D eigenvalue weighted by molar-refractivity contribution is 6.35. The first kappa shape index (κ1) is 16.6. The molecule has 27 heavy (non-hydrogen) atoms. The molecule has 2 aromatic carbocycles. The first-order valence-corrected chi connectivity index (χ1v) is 8.37. The van der Waals surface area contributed by atoms with Crippen molar-refractivity contribution in [1.29, 1.82) is 5.26 Å². The lowest BCUT2D eigenvalue weighted by atomic mass is 10.0. The maximum absolute atomic E-state index is 13.5. The minimum absolute atomic E-state index is 0.159. The molecule has 4 rings (SSSR count). The molecule has 3 N–H and O–H groups in total. The van der Waals surface area contributed by atoms with Crippen molar-refractivity contribution in [2.75, 3.05) is 10.6 Å². The van der Waals surface area contributed by atoms with Gasteiger partial charge in [-0.1, -0.05) is 0 Å². The monoisotopic (exact) mass is 358 g/mol. The summed E-state index contributed by atoms with van der Waals surface area (Å²) in [6.45, 7) is 0.302. The number of halogens is 1. The quantitative estimate of drug-likeness (QED) is 0.614. The summed E-state index contributed by atoms with van der Waals surface area (Å²) in [7, 11) is 0. The standard InChI is InChI=1S/C21H15FN4O/c22-15-4-3-13(11-23)14(8-15)12-25-17-5-6-20-18(9-17)19(21(27)26-20)10-16-2-1-7-24-16/h1-10,24-25H,12H2,(H,26,27)/b19-10-. The van der Waals surface area contributed by atoms with Crippen LogP contribution in [0, 0.1) is 17.1 Å². The second-order valence-corrected chi connectivity index (χ2v) is 6.16. The Morgan fingerprint density at radius 3 is 2.85 bits per heavy atom. The summed E-state index contributed by atoms with van der Waals surface area (Å²) >= 11 is 0. The zero-order valence-electron chi connectivity index (χ0n) is 14.2. The van der Waals surface area contributed by atoms with Crippen molar-refractivity contribution in [2.24, 2.45) is 0 Å². The second-order valence-electron chi connectivity index (χ2n) is 6.16. The Hall–Kier alpha value is -3.85. The van der Waals surface area contributed by atoms with Gasteiger partial charge >= 0.3 is 0 Å². The van der Waals surface area contributed by atoms with Crippen LogP contribution in [-0.2, 0) is 11.3 Å². The molecule has 1 amide bonds. The predicted octanol–water partition coefficient (Wildman–Crippen LogP) is 4.13. The SMILES string of the molecule is N#Cc1ccc(F)cc1CNc1ccc2c(c1)/C(=C/c1ccc[nH]1)C(=O)N2. The summed E-state index contributed by atoms with van der Waals surface area (Å²) in [5, 5.41) is 15.2. The molecular weight excluding hydrogens is 343 g/mol. The third kappa shape index (κ3) is 3.31. The summed E-state index contributed by atoms with van der Waals surface area (Å²) < 4.78 is 13.5. The lowest BCUT2D eigenvalue weighted by Gasteiger charge is -2.10. The molecule has 5 nitrogen and oxygen atoms in total. The zero-order chi connectivity index (χ0) is 18.8. The van der Waals surface area contributed by atoms with Gasteiger partial charge in [-0.3, -0.25) is 4.79 Å². The number of carbonyl (C=O) groups is 1. The molecule has 6 heteroatoms. The number of rotatable bonds is 4. The summed E-state index contributed by atoms with van der Waals surface area (Å²) in [5.74, 6) is -0.542. The minimum Gasteiger partial charge on any atom is -0.381 e. The van der Waals surface area contributed by atoms with Gasteiger partial charge in [0.05, 0.1) is 17.2 Å². The lowest BCUT2D eigenvalue weighted by Crippen LogP contribution is -2.03. The Morgan fingerprint density at radius 1 is 1.19 bits per heavy atom. The smallest absolute Gasteiger partial charge is 0.256 e. The van der Waals surface area contributed by atoms with E-state index >= 15 is 0 Å². The van der Waals surface area contributed by atoms with Crippen molar-refractivity contribution in [3.63, 3.8) is 0 Å². The van der Waals surface area contributed by atoms with Gasteiger partial charge in [0.1, 0.15) is 5.82 Å². The van der Waals surface area contributed by atoms with Crippen LogP contribution < -0.4 is 10.6 Å². The second kappa shape index (κ2) is 6.81. The average Bonchev–Trinajstić information content (AvgIpc) is 3.29. The molecule has 0 atom stereocenters. The average molecular weight is 358 g/mol. The molecule has 1 aliphatic rings.